The zero-order chi connectivity index (χ0) is 18.6. The van der Waals surface area contributed by atoms with Gasteiger partial charge in [0.05, 0.1) is 6.54 Å². The highest BCUT2D eigenvalue weighted by atomic mass is 16.2. The molecule has 0 aliphatic heterocycles. The van der Waals surface area contributed by atoms with Crippen molar-refractivity contribution in [3.8, 4) is 0 Å². The van der Waals surface area contributed by atoms with Gasteiger partial charge >= 0.3 is 0 Å². The van der Waals surface area contributed by atoms with E-state index in [1.807, 2.05) is 6.07 Å². The first kappa shape index (κ1) is 17.7. The first-order valence-corrected chi connectivity index (χ1v) is 9.70. The van der Waals surface area contributed by atoms with Gasteiger partial charge in [-0.2, -0.15) is 0 Å². The van der Waals surface area contributed by atoms with Crippen molar-refractivity contribution in [2.45, 2.75) is 26.2 Å². The minimum Gasteiger partial charge on any atom is -0.324 e. The number of benzene rings is 4. The Hall–Kier alpha value is -2.69. The summed E-state index contributed by atoms with van der Waals surface area (Å²) < 4.78 is 0. The Morgan fingerprint density at radius 2 is 1.52 bits per heavy atom. The fourth-order valence-corrected chi connectivity index (χ4v) is 3.73. The summed E-state index contributed by atoms with van der Waals surface area (Å²) in [6.45, 7) is 3.30. The third-order valence-electron chi connectivity index (χ3n) is 5.08. The first-order chi connectivity index (χ1) is 13.3. The van der Waals surface area contributed by atoms with E-state index in [0.29, 0.717) is 0 Å². The van der Waals surface area contributed by atoms with Crippen LogP contribution in [-0.2, 0) is 4.79 Å². The molecule has 1 amide bonds. The number of anilines is 1. The molecule has 0 fully saturated rings. The molecule has 0 saturated carbocycles. The zero-order valence-corrected chi connectivity index (χ0v) is 15.6. The van der Waals surface area contributed by atoms with Crippen LogP contribution in [0.25, 0.3) is 32.3 Å². The van der Waals surface area contributed by atoms with E-state index in [2.05, 4.69) is 71.6 Å². The molecular weight excluding hydrogens is 334 g/mol. The minimum atomic E-state index is -0.0481. The predicted molar refractivity (Wildman–Crippen MR) is 114 cm³/mol. The van der Waals surface area contributed by atoms with Gasteiger partial charge in [0, 0.05) is 17.6 Å². The van der Waals surface area contributed by atoms with Gasteiger partial charge in [-0.25, -0.2) is 5.43 Å². The molecule has 4 aromatic carbocycles. The molecule has 0 aromatic heterocycles. The molecule has 0 saturated heterocycles. The van der Waals surface area contributed by atoms with Gasteiger partial charge in [-0.1, -0.05) is 68.3 Å². The Morgan fingerprint density at radius 1 is 0.815 bits per heavy atom. The molecule has 0 aliphatic rings. The Kier molecular flexibility index (Phi) is 5.19. The molecule has 0 unspecified atom stereocenters. The molecular formula is C23H25N3O. The summed E-state index contributed by atoms with van der Waals surface area (Å²) in [5, 5.41) is 10.3. The molecule has 27 heavy (non-hydrogen) atoms. The summed E-state index contributed by atoms with van der Waals surface area (Å²) in [5.41, 5.74) is 6.96. The van der Waals surface area contributed by atoms with Crippen LogP contribution in [0.1, 0.15) is 26.2 Å². The van der Waals surface area contributed by atoms with Gasteiger partial charge < -0.3 is 5.32 Å². The van der Waals surface area contributed by atoms with Crippen LogP contribution < -0.4 is 16.2 Å². The van der Waals surface area contributed by atoms with Gasteiger partial charge in [-0.15, -0.1) is 0 Å². The Balaban J connectivity index is 1.55. The molecule has 4 rings (SSSR count). The second-order valence-electron chi connectivity index (χ2n) is 7.00. The monoisotopic (exact) mass is 359 g/mol. The van der Waals surface area contributed by atoms with Crippen LogP contribution >= 0.6 is 0 Å². The van der Waals surface area contributed by atoms with E-state index in [-0.39, 0.29) is 12.5 Å². The number of rotatable bonds is 8. The van der Waals surface area contributed by atoms with Gasteiger partial charge in [-0.05, 0) is 39.4 Å². The van der Waals surface area contributed by atoms with Crippen LogP contribution in [0.2, 0.25) is 0 Å². The fourth-order valence-electron chi connectivity index (χ4n) is 3.73. The Bertz CT molecular complexity index is 1060. The standard InChI is InChI=1S/C23H25N3O/c1-2-3-4-14-24-25-15-21(27)26-20-13-11-18-9-8-16-6-5-7-17-10-12-19(20)23(18)22(16)17/h5-13,24-25H,2-4,14-15H2,1H3,(H,26,27). The quantitative estimate of drug-likeness (QED) is 0.240. The molecule has 4 aromatic rings. The van der Waals surface area contributed by atoms with Crippen molar-refractivity contribution in [1.82, 2.24) is 10.9 Å². The van der Waals surface area contributed by atoms with E-state index in [0.717, 1.165) is 24.0 Å². The maximum atomic E-state index is 12.3. The minimum absolute atomic E-state index is 0.0481. The average Bonchev–Trinajstić information content (AvgIpc) is 2.70. The highest BCUT2D eigenvalue weighted by Crippen LogP contribution is 2.37. The normalized spacial score (nSPS) is 11.6. The van der Waals surface area contributed by atoms with Crippen LogP contribution in [0.15, 0.2) is 54.6 Å². The van der Waals surface area contributed by atoms with Crippen LogP contribution in [-0.4, -0.2) is 19.0 Å². The zero-order valence-electron chi connectivity index (χ0n) is 15.6. The highest BCUT2D eigenvalue weighted by Gasteiger charge is 2.12. The number of nitrogens with one attached hydrogen (secondary N) is 3. The van der Waals surface area contributed by atoms with Gasteiger partial charge in [0.25, 0.3) is 0 Å². The summed E-state index contributed by atoms with van der Waals surface area (Å²) in [4.78, 5) is 12.3. The third-order valence-corrected chi connectivity index (χ3v) is 5.08. The Labute approximate surface area is 159 Å². The lowest BCUT2D eigenvalue weighted by Gasteiger charge is -2.14. The number of amides is 1. The van der Waals surface area contributed by atoms with E-state index >= 15 is 0 Å². The van der Waals surface area contributed by atoms with Crippen molar-refractivity contribution in [2.24, 2.45) is 0 Å². The van der Waals surface area contributed by atoms with Gasteiger partial charge in [0.1, 0.15) is 0 Å². The van der Waals surface area contributed by atoms with E-state index in [1.165, 1.54) is 39.8 Å². The van der Waals surface area contributed by atoms with Crippen molar-refractivity contribution in [3.05, 3.63) is 54.6 Å². The highest BCUT2D eigenvalue weighted by molar-refractivity contribution is 6.25. The summed E-state index contributed by atoms with van der Waals surface area (Å²) in [6, 6.07) is 19.0. The number of unbranched alkanes of at least 4 members (excludes halogenated alkanes) is 2. The van der Waals surface area contributed by atoms with Crippen molar-refractivity contribution in [2.75, 3.05) is 18.4 Å². The molecule has 4 heteroatoms. The fraction of sp³-hybridized carbons (Fsp3) is 0.261. The number of hydrogen-bond donors (Lipinski definition) is 3. The molecule has 0 spiro atoms. The third kappa shape index (κ3) is 3.59. The Morgan fingerprint density at radius 3 is 2.30 bits per heavy atom. The second kappa shape index (κ2) is 7.91. The molecule has 0 bridgehead atoms. The first-order valence-electron chi connectivity index (χ1n) is 9.70. The number of hydrogen-bond acceptors (Lipinski definition) is 3. The molecule has 0 heterocycles. The molecule has 0 radical (unpaired) electrons. The summed E-state index contributed by atoms with van der Waals surface area (Å²) in [6.07, 6.45) is 3.50. The SMILES string of the molecule is CCCCCNNCC(=O)Nc1ccc2ccc3cccc4ccc1c2c34. The van der Waals surface area contributed by atoms with Gasteiger partial charge in [0.15, 0.2) is 0 Å². The van der Waals surface area contributed by atoms with Crippen LogP contribution in [0.4, 0.5) is 5.69 Å². The van der Waals surface area contributed by atoms with Gasteiger partial charge in [-0.3, -0.25) is 10.2 Å². The lowest BCUT2D eigenvalue weighted by Crippen LogP contribution is -2.38. The van der Waals surface area contributed by atoms with E-state index in [1.54, 1.807) is 0 Å². The second-order valence-corrected chi connectivity index (χ2v) is 7.00. The van der Waals surface area contributed by atoms with E-state index in [4.69, 9.17) is 0 Å². The molecule has 3 N–H and O–H groups in total. The van der Waals surface area contributed by atoms with Crippen molar-refractivity contribution in [3.63, 3.8) is 0 Å². The number of hydrazine groups is 1. The van der Waals surface area contributed by atoms with Crippen LogP contribution in [0.3, 0.4) is 0 Å². The molecule has 4 nitrogen and oxygen atoms in total. The van der Waals surface area contributed by atoms with Crippen LogP contribution in [0.5, 0.6) is 0 Å². The lowest BCUT2D eigenvalue weighted by molar-refractivity contribution is -0.115. The maximum absolute atomic E-state index is 12.3. The van der Waals surface area contributed by atoms with Crippen LogP contribution in [0, 0.1) is 0 Å². The molecule has 0 atom stereocenters. The summed E-state index contributed by atoms with van der Waals surface area (Å²) in [5.74, 6) is -0.0481. The van der Waals surface area contributed by atoms with E-state index in [9.17, 15) is 4.79 Å². The van der Waals surface area contributed by atoms with Gasteiger partial charge in [0.2, 0.25) is 5.91 Å². The topological polar surface area (TPSA) is 53.2 Å². The largest absolute Gasteiger partial charge is 0.324 e. The maximum Gasteiger partial charge on any atom is 0.239 e. The lowest BCUT2D eigenvalue weighted by atomic mass is 9.93. The van der Waals surface area contributed by atoms with Crippen molar-refractivity contribution in [1.29, 1.82) is 0 Å². The smallest absolute Gasteiger partial charge is 0.239 e. The van der Waals surface area contributed by atoms with E-state index < -0.39 is 0 Å². The van der Waals surface area contributed by atoms with Crippen molar-refractivity contribution < 1.29 is 4.79 Å². The summed E-state index contributed by atoms with van der Waals surface area (Å²) in [7, 11) is 0. The summed E-state index contributed by atoms with van der Waals surface area (Å²) >= 11 is 0. The number of carbonyl (C=O) groups is 1. The average molecular weight is 359 g/mol. The predicted octanol–water partition coefficient (Wildman–Crippen LogP) is 4.81. The molecule has 138 valence electrons. The molecule has 0 aliphatic carbocycles. The van der Waals surface area contributed by atoms with Crippen molar-refractivity contribution >= 4 is 43.9 Å². The number of carbonyl (C=O) groups excluding carboxylic acids is 1.